The molecule has 2 aliphatic rings. The van der Waals surface area contributed by atoms with Crippen LogP contribution < -0.4 is 5.73 Å². The van der Waals surface area contributed by atoms with Crippen LogP contribution in [0.4, 0.5) is 0 Å². The summed E-state index contributed by atoms with van der Waals surface area (Å²) in [5.41, 5.74) is 5.97. The van der Waals surface area contributed by atoms with Gasteiger partial charge in [-0.05, 0) is 25.9 Å². The Hall–Kier alpha value is -0.0800. The van der Waals surface area contributed by atoms with Crippen LogP contribution in [-0.4, -0.2) is 68.7 Å². The zero-order chi connectivity index (χ0) is 11.4. The maximum Gasteiger partial charge on any atom is 0.191 e. The Bertz CT molecular complexity index is 256. The van der Waals surface area contributed by atoms with E-state index < -0.39 is 0 Å². The smallest absolute Gasteiger partial charge is 0.191 e. The Morgan fingerprint density at radius 2 is 2.06 bits per heavy atom. The lowest BCUT2D eigenvalue weighted by molar-refractivity contribution is 0.0674. The number of rotatable bonds is 2. The summed E-state index contributed by atoms with van der Waals surface area (Å²) in [6.45, 7) is 6.50. The van der Waals surface area contributed by atoms with Crippen molar-refractivity contribution >= 4 is 29.9 Å². The number of aliphatic imine (C=N–C) groups is 1. The molecular weight excluding hydrogens is 331 g/mol. The van der Waals surface area contributed by atoms with E-state index in [1.807, 2.05) is 0 Å². The second kappa shape index (κ2) is 7.38. The first-order valence-corrected chi connectivity index (χ1v) is 6.07. The van der Waals surface area contributed by atoms with Crippen molar-refractivity contribution in [2.45, 2.75) is 6.42 Å². The maximum atomic E-state index is 5.97. The average Bonchev–Trinajstić information content (AvgIpc) is 2.73. The van der Waals surface area contributed by atoms with Crippen molar-refractivity contribution in [2.24, 2.45) is 16.6 Å². The van der Waals surface area contributed by atoms with E-state index in [4.69, 9.17) is 10.5 Å². The standard InChI is InChI=1S/C11H22N4O.HI/c1-14-3-2-10(9-14)8-13-11(12)15-4-6-16-7-5-15;/h10H,2-9H2,1H3,(H2,12,13);1H. The highest BCUT2D eigenvalue weighted by Crippen LogP contribution is 2.14. The first kappa shape index (κ1) is 15.0. The number of guanidine groups is 1. The molecule has 2 saturated heterocycles. The van der Waals surface area contributed by atoms with Crippen molar-refractivity contribution in [3.63, 3.8) is 0 Å². The first-order chi connectivity index (χ1) is 7.75. The molecule has 2 N–H and O–H groups in total. The second-order valence-corrected chi connectivity index (χ2v) is 4.72. The average molecular weight is 354 g/mol. The third-order valence-electron chi connectivity index (χ3n) is 3.34. The maximum absolute atomic E-state index is 5.97. The van der Waals surface area contributed by atoms with Gasteiger partial charge in [0.15, 0.2) is 5.96 Å². The highest BCUT2D eigenvalue weighted by molar-refractivity contribution is 14.0. The molecule has 0 bridgehead atoms. The molecule has 1 atom stereocenters. The van der Waals surface area contributed by atoms with Gasteiger partial charge in [0.2, 0.25) is 0 Å². The molecule has 0 spiro atoms. The molecule has 100 valence electrons. The number of halogens is 1. The predicted molar refractivity (Wildman–Crippen MR) is 79.9 cm³/mol. The number of likely N-dealkylation sites (tertiary alicyclic amines) is 1. The van der Waals surface area contributed by atoms with Gasteiger partial charge in [-0.2, -0.15) is 0 Å². The van der Waals surface area contributed by atoms with Crippen LogP contribution in [-0.2, 0) is 4.74 Å². The quantitative estimate of drug-likeness (QED) is 0.438. The number of nitrogens with two attached hydrogens (primary N) is 1. The number of ether oxygens (including phenoxy) is 1. The molecule has 0 aliphatic carbocycles. The van der Waals surface area contributed by atoms with E-state index in [-0.39, 0.29) is 24.0 Å². The van der Waals surface area contributed by atoms with E-state index in [1.165, 1.54) is 13.0 Å². The van der Waals surface area contributed by atoms with Gasteiger partial charge in [-0.3, -0.25) is 4.99 Å². The third-order valence-corrected chi connectivity index (χ3v) is 3.34. The molecule has 0 aromatic rings. The van der Waals surface area contributed by atoms with Crippen LogP contribution in [0.15, 0.2) is 4.99 Å². The van der Waals surface area contributed by atoms with Gasteiger partial charge in [-0.25, -0.2) is 0 Å². The fraction of sp³-hybridized carbons (Fsp3) is 0.909. The highest BCUT2D eigenvalue weighted by atomic mass is 127. The lowest BCUT2D eigenvalue weighted by atomic mass is 10.1. The molecule has 0 radical (unpaired) electrons. The summed E-state index contributed by atoms with van der Waals surface area (Å²) in [4.78, 5) is 8.97. The molecule has 2 aliphatic heterocycles. The molecule has 6 heteroatoms. The number of morpholine rings is 1. The van der Waals surface area contributed by atoms with Gasteiger partial charge < -0.3 is 20.3 Å². The lowest BCUT2D eigenvalue weighted by Crippen LogP contribution is -2.45. The summed E-state index contributed by atoms with van der Waals surface area (Å²) in [5.74, 6) is 1.38. The van der Waals surface area contributed by atoms with Gasteiger partial charge in [-0.1, -0.05) is 0 Å². The SMILES string of the molecule is CN1CCC(CN=C(N)N2CCOCC2)C1.I. The van der Waals surface area contributed by atoms with Crippen LogP contribution in [0.1, 0.15) is 6.42 Å². The molecule has 2 heterocycles. The molecule has 5 nitrogen and oxygen atoms in total. The third kappa shape index (κ3) is 4.59. The van der Waals surface area contributed by atoms with Gasteiger partial charge in [-0.15, -0.1) is 24.0 Å². The fourth-order valence-electron chi connectivity index (χ4n) is 2.29. The number of hydrogen-bond acceptors (Lipinski definition) is 3. The summed E-state index contributed by atoms with van der Waals surface area (Å²) in [5, 5.41) is 0. The summed E-state index contributed by atoms with van der Waals surface area (Å²) in [7, 11) is 2.16. The van der Waals surface area contributed by atoms with Crippen molar-refractivity contribution in [3.05, 3.63) is 0 Å². The molecule has 0 aromatic heterocycles. The minimum atomic E-state index is 0. The Kier molecular flexibility index (Phi) is 6.50. The van der Waals surface area contributed by atoms with E-state index in [1.54, 1.807) is 0 Å². The minimum absolute atomic E-state index is 0. The molecule has 0 amide bonds. The van der Waals surface area contributed by atoms with Gasteiger partial charge in [0.25, 0.3) is 0 Å². The predicted octanol–water partition coefficient (Wildman–Crippen LogP) is 0.203. The molecule has 2 rings (SSSR count). The van der Waals surface area contributed by atoms with Gasteiger partial charge >= 0.3 is 0 Å². The summed E-state index contributed by atoms with van der Waals surface area (Å²) in [6, 6.07) is 0. The van der Waals surface area contributed by atoms with E-state index in [2.05, 4.69) is 21.8 Å². The Morgan fingerprint density at radius 1 is 1.35 bits per heavy atom. The monoisotopic (exact) mass is 354 g/mol. The van der Waals surface area contributed by atoms with Crippen LogP contribution in [0.5, 0.6) is 0 Å². The van der Waals surface area contributed by atoms with Crippen molar-refractivity contribution in [2.75, 3.05) is 53.0 Å². The molecule has 2 fully saturated rings. The van der Waals surface area contributed by atoms with Gasteiger partial charge in [0.1, 0.15) is 0 Å². The zero-order valence-corrected chi connectivity index (χ0v) is 12.8. The number of nitrogens with zero attached hydrogens (tertiary/aromatic N) is 3. The van der Waals surface area contributed by atoms with Crippen LogP contribution in [0.25, 0.3) is 0 Å². The van der Waals surface area contributed by atoms with Crippen molar-refractivity contribution in [1.29, 1.82) is 0 Å². The Balaban J connectivity index is 0.00000144. The largest absolute Gasteiger partial charge is 0.378 e. The van der Waals surface area contributed by atoms with E-state index in [0.717, 1.165) is 39.4 Å². The fourth-order valence-corrected chi connectivity index (χ4v) is 2.29. The minimum Gasteiger partial charge on any atom is -0.378 e. The van der Waals surface area contributed by atoms with Gasteiger partial charge in [0.05, 0.1) is 13.2 Å². The molecule has 1 unspecified atom stereocenters. The van der Waals surface area contributed by atoms with Crippen molar-refractivity contribution < 1.29 is 4.74 Å². The van der Waals surface area contributed by atoms with Crippen molar-refractivity contribution in [1.82, 2.24) is 9.80 Å². The van der Waals surface area contributed by atoms with Crippen LogP contribution in [0.3, 0.4) is 0 Å². The Morgan fingerprint density at radius 3 is 2.65 bits per heavy atom. The summed E-state index contributed by atoms with van der Waals surface area (Å²) >= 11 is 0. The van der Waals surface area contributed by atoms with E-state index >= 15 is 0 Å². The molecule has 0 saturated carbocycles. The van der Waals surface area contributed by atoms with Gasteiger partial charge in [0, 0.05) is 26.2 Å². The second-order valence-electron chi connectivity index (χ2n) is 4.72. The number of hydrogen-bond donors (Lipinski definition) is 1. The van der Waals surface area contributed by atoms with Crippen molar-refractivity contribution in [3.8, 4) is 0 Å². The molecule has 17 heavy (non-hydrogen) atoms. The molecular formula is C11H23IN4O. The zero-order valence-electron chi connectivity index (χ0n) is 10.5. The normalized spacial score (nSPS) is 27.0. The Labute approximate surface area is 120 Å². The highest BCUT2D eigenvalue weighted by Gasteiger charge is 2.19. The molecule has 0 aromatic carbocycles. The van der Waals surface area contributed by atoms with E-state index in [0.29, 0.717) is 11.9 Å². The summed E-state index contributed by atoms with van der Waals surface area (Å²) < 4.78 is 5.28. The summed E-state index contributed by atoms with van der Waals surface area (Å²) in [6.07, 6.45) is 1.25. The van der Waals surface area contributed by atoms with Crippen LogP contribution in [0.2, 0.25) is 0 Å². The first-order valence-electron chi connectivity index (χ1n) is 6.07. The van der Waals surface area contributed by atoms with E-state index in [9.17, 15) is 0 Å². The topological polar surface area (TPSA) is 54.1 Å². The lowest BCUT2D eigenvalue weighted by Gasteiger charge is -2.27. The van der Waals surface area contributed by atoms with Crippen LogP contribution in [0, 0.1) is 5.92 Å². The van der Waals surface area contributed by atoms with Crippen LogP contribution >= 0.6 is 24.0 Å².